The molecule has 1 saturated heterocycles. The highest BCUT2D eigenvalue weighted by Gasteiger charge is 2.30. The van der Waals surface area contributed by atoms with E-state index in [9.17, 15) is 4.79 Å². The van der Waals surface area contributed by atoms with E-state index in [2.05, 4.69) is 21.5 Å². The number of guanidine groups is 1. The summed E-state index contributed by atoms with van der Waals surface area (Å²) in [5.41, 5.74) is 0.928. The quantitative estimate of drug-likeness (QED) is 0.342. The third-order valence-corrected chi connectivity index (χ3v) is 3.21. The third-order valence-electron chi connectivity index (χ3n) is 3.21. The first-order valence-corrected chi connectivity index (χ1v) is 7.08. The van der Waals surface area contributed by atoms with Crippen LogP contribution in [0.15, 0.2) is 35.3 Å². The lowest BCUT2D eigenvalue weighted by Gasteiger charge is -2.18. The number of nitrogens with zero attached hydrogens (tertiary/aromatic N) is 2. The Morgan fingerprint density at radius 3 is 2.82 bits per heavy atom. The predicted octanol–water partition coefficient (Wildman–Crippen LogP) is 1.60. The first-order valence-electron chi connectivity index (χ1n) is 7.08. The van der Waals surface area contributed by atoms with Gasteiger partial charge in [0.1, 0.15) is 6.54 Å². The van der Waals surface area contributed by atoms with Crippen molar-refractivity contribution in [1.29, 1.82) is 0 Å². The molecule has 0 aromatic heterocycles. The Hall–Kier alpha value is -1.75. The van der Waals surface area contributed by atoms with Crippen molar-refractivity contribution in [3.05, 3.63) is 30.3 Å². The molecule has 2 N–H and O–H groups in total. The zero-order valence-corrected chi connectivity index (χ0v) is 14.9. The van der Waals surface area contributed by atoms with Crippen LogP contribution in [0.3, 0.4) is 0 Å². The fourth-order valence-corrected chi connectivity index (χ4v) is 2.30. The summed E-state index contributed by atoms with van der Waals surface area (Å²) >= 11 is 0. The SMILES string of the molecule is C#CCN=C(NCC)NC1CC(=O)N(c2ccccc2)C1.I. The van der Waals surface area contributed by atoms with Gasteiger partial charge in [-0.1, -0.05) is 24.1 Å². The Labute approximate surface area is 148 Å². The minimum atomic E-state index is 0. The molecule has 0 aliphatic carbocycles. The van der Waals surface area contributed by atoms with Crippen molar-refractivity contribution >= 4 is 41.5 Å². The van der Waals surface area contributed by atoms with Gasteiger partial charge in [-0.25, -0.2) is 4.99 Å². The van der Waals surface area contributed by atoms with Crippen molar-refractivity contribution in [1.82, 2.24) is 10.6 Å². The molecule has 1 aliphatic heterocycles. The van der Waals surface area contributed by atoms with Crippen LogP contribution in [0, 0.1) is 12.3 Å². The molecule has 0 saturated carbocycles. The Morgan fingerprint density at radius 2 is 2.18 bits per heavy atom. The molecule has 22 heavy (non-hydrogen) atoms. The summed E-state index contributed by atoms with van der Waals surface area (Å²) in [5.74, 6) is 3.25. The minimum Gasteiger partial charge on any atom is -0.357 e. The zero-order valence-electron chi connectivity index (χ0n) is 12.6. The van der Waals surface area contributed by atoms with Gasteiger partial charge in [-0.05, 0) is 19.1 Å². The molecule has 1 unspecified atom stereocenters. The second-order valence-electron chi connectivity index (χ2n) is 4.78. The number of nitrogens with one attached hydrogen (secondary N) is 2. The summed E-state index contributed by atoms with van der Waals surface area (Å²) in [6.45, 7) is 3.68. The van der Waals surface area contributed by atoms with E-state index >= 15 is 0 Å². The number of carbonyl (C=O) groups excluding carboxylic acids is 1. The standard InChI is InChI=1S/C16H20N4O.HI/c1-3-10-18-16(17-4-2)19-13-11-15(21)20(12-13)14-8-6-5-7-9-14;/h1,5-9,13H,4,10-12H2,2H3,(H2,17,18,19);1H. The summed E-state index contributed by atoms with van der Waals surface area (Å²) in [6, 6.07) is 9.72. The highest BCUT2D eigenvalue weighted by molar-refractivity contribution is 14.0. The number of terminal acetylenes is 1. The van der Waals surface area contributed by atoms with Crippen LogP contribution in [0.5, 0.6) is 0 Å². The van der Waals surface area contributed by atoms with E-state index in [4.69, 9.17) is 6.42 Å². The molecule has 6 heteroatoms. The van der Waals surface area contributed by atoms with Crippen LogP contribution in [0.2, 0.25) is 0 Å². The average Bonchev–Trinajstić information content (AvgIpc) is 2.86. The molecule has 5 nitrogen and oxygen atoms in total. The molecule has 1 heterocycles. The number of hydrogen-bond donors (Lipinski definition) is 2. The number of para-hydroxylation sites is 1. The summed E-state index contributed by atoms with van der Waals surface area (Å²) in [7, 11) is 0. The molecule has 1 amide bonds. The fourth-order valence-electron chi connectivity index (χ4n) is 2.30. The first-order chi connectivity index (χ1) is 10.2. The molecule has 1 aliphatic rings. The second kappa shape index (κ2) is 9.30. The van der Waals surface area contributed by atoms with Crippen molar-refractivity contribution in [3.63, 3.8) is 0 Å². The average molecular weight is 412 g/mol. The summed E-state index contributed by atoms with van der Waals surface area (Å²) in [5, 5.41) is 6.39. The number of amides is 1. The highest BCUT2D eigenvalue weighted by Crippen LogP contribution is 2.20. The summed E-state index contributed by atoms with van der Waals surface area (Å²) in [4.78, 5) is 18.2. The maximum absolute atomic E-state index is 12.1. The number of rotatable bonds is 4. The van der Waals surface area contributed by atoms with Crippen LogP contribution in [0.25, 0.3) is 0 Å². The van der Waals surface area contributed by atoms with Crippen molar-refractivity contribution in [2.24, 2.45) is 4.99 Å². The molecule has 1 atom stereocenters. The number of halogens is 1. The zero-order chi connectivity index (χ0) is 15.1. The molecule has 1 fully saturated rings. The predicted molar refractivity (Wildman–Crippen MR) is 101 cm³/mol. The van der Waals surface area contributed by atoms with E-state index in [0.29, 0.717) is 25.5 Å². The van der Waals surface area contributed by atoms with E-state index in [1.165, 1.54) is 0 Å². The Morgan fingerprint density at radius 1 is 1.45 bits per heavy atom. The highest BCUT2D eigenvalue weighted by atomic mass is 127. The van der Waals surface area contributed by atoms with Crippen LogP contribution >= 0.6 is 24.0 Å². The fraction of sp³-hybridized carbons (Fsp3) is 0.375. The number of aliphatic imine (C=N–C) groups is 1. The summed E-state index contributed by atoms with van der Waals surface area (Å²) < 4.78 is 0. The topological polar surface area (TPSA) is 56.7 Å². The molecule has 1 aromatic rings. The van der Waals surface area contributed by atoms with Gasteiger partial charge in [0.2, 0.25) is 5.91 Å². The molecule has 0 bridgehead atoms. The maximum Gasteiger partial charge on any atom is 0.229 e. The lowest BCUT2D eigenvalue weighted by Crippen LogP contribution is -2.44. The minimum absolute atomic E-state index is 0. The molecule has 0 radical (unpaired) electrons. The molecular weight excluding hydrogens is 391 g/mol. The lowest BCUT2D eigenvalue weighted by atomic mass is 10.2. The van der Waals surface area contributed by atoms with E-state index in [-0.39, 0.29) is 35.9 Å². The number of hydrogen-bond acceptors (Lipinski definition) is 2. The van der Waals surface area contributed by atoms with Gasteiger partial charge in [0.05, 0.1) is 6.04 Å². The van der Waals surface area contributed by atoms with Crippen LogP contribution in [-0.4, -0.2) is 37.5 Å². The van der Waals surface area contributed by atoms with Gasteiger partial charge in [0.15, 0.2) is 5.96 Å². The second-order valence-corrected chi connectivity index (χ2v) is 4.78. The van der Waals surface area contributed by atoms with Crippen molar-refractivity contribution in [3.8, 4) is 12.3 Å². The van der Waals surface area contributed by atoms with Crippen molar-refractivity contribution < 1.29 is 4.79 Å². The number of carbonyl (C=O) groups is 1. The van der Waals surface area contributed by atoms with Crippen LogP contribution < -0.4 is 15.5 Å². The Kier molecular flexibility index (Phi) is 7.74. The van der Waals surface area contributed by atoms with Crippen LogP contribution in [0.1, 0.15) is 13.3 Å². The molecule has 0 spiro atoms. The van der Waals surface area contributed by atoms with E-state index in [0.717, 1.165) is 12.2 Å². The van der Waals surface area contributed by atoms with Crippen molar-refractivity contribution in [2.45, 2.75) is 19.4 Å². The molecule has 1 aromatic carbocycles. The molecule has 118 valence electrons. The van der Waals surface area contributed by atoms with Gasteiger partial charge in [0, 0.05) is 25.2 Å². The lowest BCUT2D eigenvalue weighted by molar-refractivity contribution is -0.117. The third kappa shape index (κ3) is 4.91. The van der Waals surface area contributed by atoms with E-state index < -0.39 is 0 Å². The normalized spacial score (nSPS) is 17.6. The van der Waals surface area contributed by atoms with Crippen LogP contribution in [-0.2, 0) is 4.79 Å². The van der Waals surface area contributed by atoms with Gasteiger partial charge < -0.3 is 15.5 Å². The Balaban J connectivity index is 0.00000242. The Bertz CT molecular complexity index is 553. The number of anilines is 1. The maximum atomic E-state index is 12.1. The summed E-state index contributed by atoms with van der Waals surface area (Å²) in [6.07, 6.45) is 5.68. The first kappa shape index (κ1) is 18.3. The van der Waals surface area contributed by atoms with Gasteiger partial charge >= 0.3 is 0 Å². The van der Waals surface area contributed by atoms with Gasteiger partial charge in [-0.3, -0.25) is 4.79 Å². The van der Waals surface area contributed by atoms with Gasteiger partial charge in [-0.2, -0.15) is 0 Å². The van der Waals surface area contributed by atoms with Crippen LogP contribution in [0.4, 0.5) is 5.69 Å². The smallest absolute Gasteiger partial charge is 0.229 e. The van der Waals surface area contributed by atoms with E-state index in [1.54, 1.807) is 4.90 Å². The molecular formula is C16H21IN4O. The number of benzene rings is 1. The van der Waals surface area contributed by atoms with E-state index in [1.807, 2.05) is 37.3 Å². The monoisotopic (exact) mass is 412 g/mol. The van der Waals surface area contributed by atoms with Gasteiger partial charge in [-0.15, -0.1) is 30.4 Å². The van der Waals surface area contributed by atoms with Gasteiger partial charge in [0.25, 0.3) is 0 Å². The largest absolute Gasteiger partial charge is 0.357 e. The molecule has 2 rings (SSSR count). The van der Waals surface area contributed by atoms with Crippen molar-refractivity contribution in [2.75, 3.05) is 24.5 Å².